The molecule has 2 aromatic carbocycles. The monoisotopic (exact) mass is 443 g/mol. The van der Waals surface area contributed by atoms with Crippen LogP contribution in [0, 0.1) is 0 Å². The van der Waals surface area contributed by atoms with Crippen LogP contribution in [0.1, 0.15) is 35.5 Å². The minimum atomic E-state index is -0.758. The number of carbonyl (C=O) groups excluding carboxylic acids is 2. The smallest absolute Gasteiger partial charge is 0.359 e. The number of ether oxygens (including phenoxy) is 1. The zero-order valence-corrected chi connectivity index (χ0v) is 18.8. The molecule has 4 rings (SSSR count). The molecule has 0 unspecified atom stereocenters. The molecule has 0 radical (unpaired) electrons. The van der Waals surface area contributed by atoms with Crippen molar-refractivity contribution in [2.75, 3.05) is 18.6 Å². The van der Waals surface area contributed by atoms with E-state index in [2.05, 4.69) is 18.9 Å². The highest BCUT2D eigenvalue weighted by Crippen LogP contribution is 2.46. The molecule has 1 aliphatic heterocycles. The van der Waals surface area contributed by atoms with Crippen LogP contribution in [-0.2, 0) is 21.5 Å². The van der Waals surface area contributed by atoms with E-state index >= 15 is 0 Å². The Morgan fingerprint density at radius 1 is 1.00 bits per heavy atom. The Morgan fingerprint density at radius 3 is 2.42 bits per heavy atom. The van der Waals surface area contributed by atoms with Gasteiger partial charge in [-0.25, -0.2) is 9.48 Å². The number of hydrogen-bond acceptors (Lipinski definition) is 6. The van der Waals surface area contributed by atoms with Gasteiger partial charge in [-0.05, 0) is 23.3 Å². The van der Waals surface area contributed by atoms with Crippen molar-refractivity contribution in [1.29, 1.82) is 0 Å². The van der Waals surface area contributed by atoms with Gasteiger partial charge in [0, 0.05) is 36.0 Å². The highest BCUT2D eigenvalue weighted by Gasteiger charge is 2.38. The molecule has 0 atom stereocenters. The molecule has 7 nitrogen and oxygen atoms in total. The number of ketones is 1. The van der Waals surface area contributed by atoms with Gasteiger partial charge in [0.2, 0.25) is 0 Å². The van der Waals surface area contributed by atoms with Crippen molar-refractivity contribution in [3.05, 3.63) is 106 Å². The Hall–Kier alpha value is -4.00. The number of nitrogens with zero attached hydrogens (tertiary/aromatic N) is 3. The fourth-order valence-corrected chi connectivity index (χ4v) is 4.09. The van der Waals surface area contributed by atoms with Gasteiger partial charge >= 0.3 is 5.97 Å². The van der Waals surface area contributed by atoms with Crippen LogP contribution in [-0.4, -0.2) is 35.2 Å². The minimum Gasteiger partial charge on any atom is -0.453 e. The van der Waals surface area contributed by atoms with E-state index < -0.39 is 12.6 Å². The standard InChI is InChI=1S/C26H25N3O4/c1-26(2)20-11-7-8-12-22(20)28(3)23(26)15-19(30)17-33-25(32)21-13-14-24(31)29(27-21)16-18-9-5-4-6-10-18/h4-15H,16-17H2,1-3H3/b23-15-. The Bertz CT molecular complexity index is 1290. The van der Waals surface area contributed by atoms with Crippen LogP contribution in [0.5, 0.6) is 0 Å². The molecule has 0 fully saturated rings. The predicted molar refractivity (Wildman–Crippen MR) is 125 cm³/mol. The van der Waals surface area contributed by atoms with Crippen LogP contribution in [0.15, 0.2) is 83.3 Å². The molecule has 0 saturated heterocycles. The summed E-state index contributed by atoms with van der Waals surface area (Å²) in [5, 5.41) is 4.11. The maximum Gasteiger partial charge on any atom is 0.359 e. The molecule has 168 valence electrons. The molecule has 7 heteroatoms. The Labute approximate surface area is 191 Å². The number of rotatable bonds is 6. The van der Waals surface area contributed by atoms with Gasteiger partial charge in [0.25, 0.3) is 5.56 Å². The lowest BCUT2D eigenvalue weighted by Gasteiger charge is -2.23. The van der Waals surface area contributed by atoms with Crippen LogP contribution in [0.4, 0.5) is 5.69 Å². The molecule has 0 N–H and O–H groups in total. The number of anilines is 1. The van der Waals surface area contributed by atoms with Crippen molar-refractivity contribution in [2.45, 2.75) is 25.8 Å². The van der Waals surface area contributed by atoms with E-state index in [1.807, 2.05) is 66.5 Å². The number of fused-ring (bicyclic) bond motifs is 1. The van der Waals surface area contributed by atoms with Crippen molar-refractivity contribution in [2.24, 2.45) is 0 Å². The van der Waals surface area contributed by atoms with Gasteiger partial charge in [-0.2, -0.15) is 5.10 Å². The zero-order valence-electron chi connectivity index (χ0n) is 18.8. The van der Waals surface area contributed by atoms with E-state index in [-0.39, 0.29) is 29.0 Å². The molecule has 0 bridgehead atoms. The van der Waals surface area contributed by atoms with E-state index in [4.69, 9.17) is 4.74 Å². The number of hydrogen-bond donors (Lipinski definition) is 0. The highest BCUT2D eigenvalue weighted by molar-refractivity contribution is 5.96. The normalized spacial score (nSPS) is 15.4. The maximum atomic E-state index is 12.6. The second-order valence-electron chi connectivity index (χ2n) is 8.47. The van der Waals surface area contributed by atoms with E-state index in [0.29, 0.717) is 0 Å². The summed E-state index contributed by atoms with van der Waals surface area (Å²) >= 11 is 0. The summed E-state index contributed by atoms with van der Waals surface area (Å²) in [5.74, 6) is -1.09. The SMILES string of the molecule is CN1/C(=C\C(=O)COC(=O)c2ccc(=O)n(Cc3ccccc3)n2)C(C)(C)c2ccccc21. The number of likely N-dealkylation sites (N-methyl/N-ethyl adjacent to an activating group) is 1. The number of benzene rings is 2. The summed E-state index contributed by atoms with van der Waals surface area (Å²) in [5.41, 5.74) is 3.18. The van der Waals surface area contributed by atoms with Gasteiger partial charge in [-0.3, -0.25) is 9.59 Å². The number of esters is 1. The van der Waals surface area contributed by atoms with Crippen LogP contribution in [0.25, 0.3) is 0 Å². The average Bonchev–Trinajstić information content (AvgIpc) is 3.00. The summed E-state index contributed by atoms with van der Waals surface area (Å²) in [7, 11) is 1.92. The van der Waals surface area contributed by atoms with Gasteiger partial charge < -0.3 is 9.64 Å². The summed E-state index contributed by atoms with van der Waals surface area (Å²) in [6.07, 6.45) is 1.52. The summed E-state index contributed by atoms with van der Waals surface area (Å²) in [6, 6.07) is 19.9. The lowest BCUT2D eigenvalue weighted by molar-refractivity contribution is -0.117. The molecule has 1 aromatic heterocycles. The van der Waals surface area contributed by atoms with Crippen molar-refractivity contribution < 1.29 is 14.3 Å². The van der Waals surface area contributed by atoms with Gasteiger partial charge in [0.15, 0.2) is 18.1 Å². The molecule has 2 heterocycles. The summed E-state index contributed by atoms with van der Waals surface area (Å²) in [4.78, 5) is 39.2. The lowest BCUT2D eigenvalue weighted by atomic mass is 9.83. The summed E-state index contributed by atoms with van der Waals surface area (Å²) < 4.78 is 6.39. The molecule has 3 aromatic rings. The van der Waals surface area contributed by atoms with Gasteiger partial charge in [0.1, 0.15) is 0 Å². The third-order valence-corrected chi connectivity index (χ3v) is 5.83. The maximum absolute atomic E-state index is 12.6. The third kappa shape index (κ3) is 4.48. The third-order valence-electron chi connectivity index (χ3n) is 5.83. The first-order valence-corrected chi connectivity index (χ1v) is 10.6. The molecule has 0 saturated carbocycles. The second-order valence-corrected chi connectivity index (χ2v) is 8.47. The summed E-state index contributed by atoms with van der Waals surface area (Å²) in [6.45, 7) is 3.93. The second kappa shape index (κ2) is 8.86. The minimum absolute atomic E-state index is 0.0308. The van der Waals surface area contributed by atoms with Gasteiger partial charge in [-0.15, -0.1) is 0 Å². The van der Waals surface area contributed by atoms with Crippen LogP contribution in [0.2, 0.25) is 0 Å². The van der Waals surface area contributed by atoms with Crippen molar-refractivity contribution in [3.8, 4) is 0 Å². The first-order valence-electron chi connectivity index (χ1n) is 10.6. The topological polar surface area (TPSA) is 81.5 Å². The number of aromatic nitrogens is 2. The molecule has 0 amide bonds. The van der Waals surface area contributed by atoms with Crippen LogP contribution >= 0.6 is 0 Å². The Balaban J connectivity index is 1.45. The zero-order chi connectivity index (χ0) is 23.6. The van der Waals surface area contributed by atoms with E-state index in [0.717, 1.165) is 22.5 Å². The van der Waals surface area contributed by atoms with Crippen molar-refractivity contribution >= 4 is 17.4 Å². The largest absolute Gasteiger partial charge is 0.453 e. The molecule has 0 spiro atoms. The number of carbonyl (C=O) groups is 2. The fraction of sp³-hybridized carbons (Fsp3) is 0.231. The molecule has 0 aliphatic carbocycles. The van der Waals surface area contributed by atoms with E-state index in [1.165, 1.54) is 22.9 Å². The highest BCUT2D eigenvalue weighted by atomic mass is 16.5. The van der Waals surface area contributed by atoms with Crippen LogP contribution < -0.4 is 10.5 Å². The van der Waals surface area contributed by atoms with Gasteiger partial charge in [0.05, 0.1) is 6.54 Å². The number of para-hydroxylation sites is 1. The molecule has 33 heavy (non-hydrogen) atoms. The van der Waals surface area contributed by atoms with E-state index in [9.17, 15) is 14.4 Å². The number of allylic oxidation sites excluding steroid dienone is 1. The van der Waals surface area contributed by atoms with Crippen molar-refractivity contribution in [3.63, 3.8) is 0 Å². The molecular formula is C26H25N3O4. The quantitative estimate of drug-likeness (QED) is 0.429. The first-order chi connectivity index (χ1) is 15.8. The molecular weight excluding hydrogens is 418 g/mol. The molecule has 1 aliphatic rings. The van der Waals surface area contributed by atoms with Crippen molar-refractivity contribution in [1.82, 2.24) is 9.78 Å². The average molecular weight is 444 g/mol. The fourth-order valence-electron chi connectivity index (χ4n) is 4.09. The lowest BCUT2D eigenvalue weighted by Crippen LogP contribution is -2.26. The first kappa shape index (κ1) is 22.2. The predicted octanol–water partition coefficient (Wildman–Crippen LogP) is 3.33. The Morgan fingerprint density at radius 2 is 1.70 bits per heavy atom. The Kier molecular flexibility index (Phi) is 5.96. The van der Waals surface area contributed by atoms with Crippen LogP contribution in [0.3, 0.4) is 0 Å². The van der Waals surface area contributed by atoms with E-state index in [1.54, 1.807) is 0 Å². The van der Waals surface area contributed by atoms with Gasteiger partial charge in [-0.1, -0.05) is 62.4 Å².